The molecule has 5 rings (SSSR count). The molecule has 0 saturated carbocycles. The van der Waals surface area contributed by atoms with Crippen LogP contribution in [0.3, 0.4) is 0 Å². The zero-order chi connectivity index (χ0) is 38.7. The summed E-state index contributed by atoms with van der Waals surface area (Å²) in [4.78, 5) is 82.6. The molecule has 0 spiro atoms. The molecular formula is C27H37N9O15P2. The van der Waals surface area contributed by atoms with Gasteiger partial charge in [0.15, 0.2) is 23.8 Å². The van der Waals surface area contributed by atoms with Crippen molar-refractivity contribution in [3.05, 3.63) is 48.1 Å². The van der Waals surface area contributed by atoms with Crippen molar-refractivity contribution in [1.82, 2.24) is 34.4 Å². The molecule has 1 unspecified atom stereocenters. The van der Waals surface area contributed by atoms with E-state index in [9.17, 15) is 43.3 Å². The SMILES string of the molecule is C=CCCC(=O)N[C@@H](C)C(=O)O[C@H]1[C@@H](O)[C@H](n2cnc3c(N)ncnc32)O[C@@H]1COP(=O)(O)O[C@H]1C[C@H](n2ccc(N)nc2=O)O[C@@H]1COP(=O)(O)O. The monoisotopic (exact) mass is 789 g/mol. The number of esters is 1. The first-order valence-corrected chi connectivity index (χ1v) is 18.7. The molecule has 1 amide bonds. The van der Waals surface area contributed by atoms with Crippen LogP contribution in [-0.4, -0.2) is 111 Å². The Balaban J connectivity index is 1.33. The van der Waals surface area contributed by atoms with Gasteiger partial charge >= 0.3 is 27.3 Å². The average molecular weight is 790 g/mol. The van der Waals surface area contributed by atoms with Gasteiger partial charge in [0.1, 0.15) is 54.3 Å². The van der Waals surface area contributed by atoms with E-state index in [0.29, 0.717) is 6.42 Å². The minimum absolute atomic E-state index is 0.0173. The second-order valence-electron chi connectivity index (χ2n) is 11.8. The fraction of sp³-hybridized carbons (Fsp3) is 0.519. The standard InChI is InChI=1S/C27H37N9O15P2/c1-3-4-5-18(37)33-13(2)26(39)50-22-16(49-25(21(22)38)36-12-32-20-23(29)30-11-31-24(20)36)10-47-53(44,45)51-14-8-19(35-7-6-17(28)34-27(35)40)48-15(14)9-46-52(41,42)43/h3,6-7,11-16,19,21-22,25,38H,1,4-5,8-10H2,2H3,(H,33,37)(H,44,45)(H2,28,34,40)(H2,29,30,31)(H2,41,42,43)/t13-,14-,15+,16+,19+,21+,22+,25+/m0/s1. The molecule has 0 radical (unpaired) electrons. The summed E-state index contributed by atoms with van der Waals surface area (Å²) in [7, 11) is -10.2. The molecule has 0 aromatic carbocycles. The van der Waals surface area contributed by atoms with Gasteiger partial charge in [0.05, 0.1) is 19.5 Å². The van der Waals surface area contributed by atoms with Crippen LogP contribution in [0.2, 0.25) is 0 Å². The van der Waals surface area contributed by atoms with Crippen LogP contribution in [-0.2, 0) is 46.5 Å². The van der Waals surface area contributed by atoms with Crippen LogP contribution >= 0.6 is 15.6 Å². The Morgan fingerprint density at radius 2 is 1.87 bits per heavy atom. The lowest BCUT2D eigenvalue weighted by Gasteiger charge is -2.24. The maximum absolute atomic E-state index is 13.3. The number of nitrogens with two attached hydrogens (primary N) is 2. The van der Waals surface area contributed by atoms with Gasteiger partial charge in [0.2, 0.25) is 5.91 Å². The molecule has 3 aromatic rings. The third kappa shape index (κ3) is 9.87. The topological polar surface area (TPSA) is 347 Å². The van der Waals surface area contributed by atoms with E-state index in [1.54, 1.807) is 0 Å². The number of hydrogen-bond donors (Lipinski definition) is 7. The van der Waals surface area contributed by atoms with E-state index < -0.39 is 95.4 Å². The normalized spacial score (nSPS) is 26.2. The first kappa shape index (κ1) is 40.0. The summed E-state index contributed by atoms with van der Waals surface area (Å²) in [6, 6.07) is 0.0825. The van der Waals surface area contributed by atoms with Crippen LogP contribution in [0.5, 0.6) is 0 Å². The molecule has 2 aliphatic heterocycles. The van der Waals surface area contributed by atoms with Crippen LogP contribution < -0.4 is 22.5 Å². The highest BCUT2D eigenvalue weighted by atomic mass is 31.2. The number of anilines is 2. The number of phosphoric ester groups is 2. The molecule has 5 heterocycles. The third-order valence-corrected chi connectivity index (χ3v) is 9.45. The lowest BCUT2D eigenvalue weighted by atomic mass is 10.1. The number of aliphatic hydroxyl groups is 1. The number of ether oxygens (including phenoxy) is 3. The van der Waals surface area contributed by atoms with Crippen LogP contribution in [0.4, 0.5) is 11.6 Å². The summed E-state index contributed by atoms with van der Waals surface area (Å²) in [5.74, 6) is -1.55. The predicted octanol–water partition coefficient (Wildman–Crippen LogP) is -1.21. The zero-order valence-corrected chi connectivity index (χ0v) is 29.5. The molecule has 3 aromatic heterocycles. The maximum Gasteiger partial charge on any atom is 0.472 e. The molecule has 2 saturated heterocycles. The number of imidazole rings is 1. The molecule has 24 nitrogen and oxygen atoms in total. The highest BCUT2D eigenvalue weighted by Gasteiger charge is 2.50. The second-order valence-corrected chi connectivity index (χ2v) is 14.4. The molecule has 2 fully saturated rings. The van der Waals surface area contributed by atoms with Gasteiger partial charge in [-0.15, -0.1) is 6.58 Å². The number of phosphoric acid groups is 2. The molecule has 0 aliphatic carbocycles. The maximum atomic E-state index is 13.3. The number of nitrogen functional groups attached to an aromatic ring is 2. The number of aliphatic hydroxyl groups excluding tert-OH is 1. The smallest absolute Gasteiger partial charge is 0.455 e. The first-order valence-electron chi connectivity index (χ1n) is 15.7. The Bertz CT molecular complexity index is 1970. The number of amides is 1. The Kier molecular flexibility index (Phi) is 12.4. The van der Waals surface area contributed by atoms with Crippen molar-refractivity contribution in [2.24, 2.45) is 0 Å². The Hall–Kier alpha value is -4.19. The molecule has 0 bridgehead atoms. The molecule has 26 heteroatoms. The van der Waals surface area contributed by atoms with Crippen molar-refractivity contribution >= 4 is 50.3 Å². The summed E-state index contributed by atoms with van der Waals surface area (Å²) < 4.78 is 59.2. The van der Waals surface area contributed by atoms with E-state index in [2.05, 4.69) is 36.4 Å². The van der Waals surface area contributed by atoms with E-state index in [1.165, 1.54) is 36.2 Å². The minimum atomic E-state index is -5.16. The van der Waals surface area contributed by atoms with E-state index in [4.69, 9.17) is 34.7 Å². The lowest BCUT2D eigenvalue weighted by Crippen LogP contribution is -2.45. The Labute approximate surface area is 298 Å². The fourth-order valence-electron chi connectivity index (χ4n) is 5.44. The second kappa shape index (κ2) is 16.4. The van der Waals surface area contributed by atoms with Crippen molar-refractivity contribution in [1.29, 1.82) is 0 Å². The molecule has 9 N–H and O–H groups in total. The molecular weight excluding hydrogens is 752 g/mol. The van der Waals surface area contributed by atoms with Crippen molar-refractivity contribution < 1.29 is 66.3 Å². The number of carbonyl (C=O) groups excluding carboxylic acids is 2. The predicted molar refractivity (Wildman–Crippen MR) is 177 cm³/mol. The van der Waals surface area contributed by atoms with Gasteiger partial charge in [0, 0.05) is 19.0 Å². The van der Waals surface area contributed by atoms with E-state index in [1.807, 2.05) is 0 Å². The number of carbonyl (C=O) groups is 2. The third-order valence-electron chi connectivity index (χ3n) is 7.95. The Morgan fingerprint density at radius 3 is 2.57 bits per heavy atom. The summed E-state index contributed by atoms with van der Waals surface area (Å²) in [6.07, 6.45) is -4.99. The van der Waals surface area contributed by atoms with E-state index in [0.717, 1.165) is 10.9 Å². The number of nitrogens with one attached hydrogen (secondary N) is 1. The van der Waals surface area contributed by atoms with Crippen molar-refractivity contribution in [3.63, 3.8) is 0 Å². The van der Waals surface area contributed by atoms with E-state index in [-0.39, 0.29) is 35.6 Å². The van der Waals surface area contributed by atoms with Gasteiger partial charge in [-0.2, -0.15) is 4.98 Å². The minimum Gasteiger partial charge on any atom is -0.455 e. The number of nitrogens with zero attached hydrogens (tertiary/aromatic N) is 6. The largest absolute Gasteiger partial charge is 0.472 e. The van der Waals surface area contributed by atoms with Crippen LogP contribution in [0.1, 0.15) is 38.6 Å². The summed E-state index contributed by atoms with van der Waals surface area (Å²) >= 11 is 0. The summed E-state index contributed by atoms with van der Waals surface area (Å²) in [5.41, 5.74) is 10.8. The van der Waals surface area contributed by atoms with Gasteiger partial charge in [-0.3, -0.25) is 27.5 Å². The van der Waals surface area contributed by atoms with Gasteiger partial charge in [0.25, 0.3) is 0 Å². The van der Waals surface area contributed by atoms with Crippen molar-refractivity contribution in [2.45, 2.75) is 75.2 Å². The van der Waals surface area contributed by atoms with E-state index >= 15 is 0 Å². The fourth-order valence-corrected chi connectivity index (χ4v) is 6.75. The molecule has 53 heavy (non-hydrogen) atoms. The van der Waals surface area contributed by atoms with Crippen LogP contribution in [0.15, 0.2) is 42.4 Å². The van der Waals surface area contributed by atoms with Crippen molar-refractivity contribution in [2.75, 3.05) is 24.7 Å². The zero-order valence-electron chi connectivity index (χ0n) is 27.8. The van der Waals surface area contributed by atoms with Crippen LogP contribution in [0.25, 0.3) is 11.2 Å². The highest BCUT2D eigenvalue weighted by Crippen LogP contribution is 2.50. The Morgan fingerprint density at radius 1 is 1.13 bits per heavy atom. The lowest BCUT2D eigenvalue weighted by molar-refractivity contribution is -0.159. The van der Waals surface area contributed by atoms with Crippen molar-refractivity contribution in [3.8, 4) is 0 Å². The summed E-state index contributed by atoms with van der Waals surface area (Å²) in [5, 5.41) is 13.8. The van der Waals surface area contributed by atoms with Gasteiger partial charge in [-0.25, -0.2) is 33.7 Å². The van der Waals surface area contributed by atoms with Crippen LogP contribution in [0, 0.1) is 0 Å². The molecule has 2 aliphatic rings. The first-order chi connectivity index (χ1) is 25.0. The van der Waals surface area contributed by atoms with Gasteiger partial charge in [-0.05, 0) is 19.4 Å². The molecule has 9 atom stereocenters. The number of rotatable bonds is 16. The summed E-state index contributed by atoms with van der Waals surface area (Å²) in [6.45, 7) is 3.19. The quantitative estimate of drug-likeness (QED) is 0.0508. The highest BCUT2D eigenvalue weighted by molar-refractivity contribution is 7.47. The van der Waals surface area contributed by atoms with Gasteiger partial charge in [-0.1, -0.05) is 6.08 Å². The number of allylic oxidation sites excluding steroid dienone is 1. The number of fused-ring (bicyclic) bond motifs is 1. The molecule has 290 valence electrons. The number of hydrogen-bond acceptors (Lipinski definition) is 18. The number of aromatic nitrogens is 6. The van der Waals surface area contributed by atoms with Gasteiger partial charge < -0.3 is 50.8 Å². The average Bonchev–Trinajstić information content (AvgIpc) is 3.77.